The van der Waals surface area contributed by atoms with Crippen LogP contribution in [0.5, 0.6) is 0 Å². The standard InChI is InChI=1S/C16H25N3O3S/c20-15-12-22-11-14(15)19-5-2-4-18(6-7-19)10-16(21)17-9-13-3-1-8-23-13/h1,3,8,14-15,20H,2,4-7,9-12H2,(H,17,21). The molecule has 0 saturated carbocycles. The monoisotopic (exact) mass is 339 g/mol. The van der Waals surface area contributed by atoms with Crippen molar-refractivity contribution >= 4 is 17.2 Å². The molecule has 2 aliphatic heterocycles. The van der Waals surface area contributed by atoms with E-state index in [-0.39, 0.29) is 18.1 Å². The quantitative estimate of drug-likeness (QED) is 0.798. The number of nitrogens with one attached hydrogen (secondary N) is 1. The Morgan fingerprint density at radius 1 is 1.35 bits per heavy atom. The van der Waals surface area contributed by atoms with Gasteiger partial charge in [-0.05, 0) is 31.0 Å². The number of amides is 1. The molecule has 23 heavy (non-hydrogen) atoms. The summed E-state index contributed by atoms with van der Waals surface area (Å²) in [6.07, 6.45) is 0.636. The second-order valence-corrected chi connectivity index (χ2v) is 7.23. The largest absolute Gasteiger partial charge is 0.389 e. The average Bonchev–Trinajstić information content (AvgIpc) is 3.15. The Morgan fingerprint density at radius 2 is 2.26 bits per heavy atom. The summed E-state index contributed by atoms with van der Waals surface area (Å²) >= 11 is 1.66. The smallest absolute Gasteiger partial charge is 0.234 e. The van der Waals surface area contributed by atoms with E-state index in [0.29, 0.717) is 26.3 Å². The number of hydrogen-bond acceptors (Lipinski definition) is 6. The van der Waals surface area contributed by atoms with E-state index in [9.17, 15) is 9.90 Å². The molecular weight excluding hydrogens is 314 g/mol. The van der Waals surface area contributed by atoms with E-state index in [2.05, 4.69) is 15.1 Å². The highest BCUT2D eigenvalue weighted by molar-refractivity contribution is 7.09. The third-order valence-corrected chi connectivity index (χ3v) is 5.40. The molecule has 128 valence electrons. The van der Waals surface area contributed by atoms with Crippen molar-refractivity contribution in [3.63, 3.8) is 0 Å². The van der Waals surface area contributed by atoms with Crippen LogP contribution in [-0.2, 0) is 16.1 Å². The number of carbonyl (C=O) groups is 1. The molecule has 2 saturated heterocycles. The zero-order valence-corrected chi connectivity index (χ0v) is 14.1. The summed E-state index contributed by atoms with van der Waals surface area (Å²) in [5.74, 6) is 0.0797. The van der Waals surface area contributed by atoms with Gasteiger partial charge < -0.3 is 15.2 Å². The molecule has 2 fully saturated rings. The molecule has 2 aliphatic rings. The number of ether oxygens (including phenoxy) is 1. The molecule has 3 heterocycles. The van der Waals surface area contributed by atoms with Crippen molar-refractivity contribution in [1.29, 1.82) is 0 Å². The van der Waals surface area contributed by atoms with Gasteiger partial charge in [0.25, 0.3) is 0 Å². The fourth-order valence-electron chi connectivity index (χ4n) is 3.22. The molecule has 1 aromatic rings. The first-order valence-electron chi connectivity index (χ1n) is 8.23. The maximum absolute atomic E-state index is 12.1. The SMILES string of the molecule is O=C(CN1CCCN(C2COCC2O)CC1)NCc1cccs1. The first kappa shape index (κ1) is 16.9. The summed E-state index contributed by atoms with van der Waals surface area (Å²) in [5, 5.41) is 15.0. The van der Waals surface area contributed by atoms with E-state index in [1.807, 2.05) is 17.5 Å². The van der Waals surface area contributed by atoms with Gasteiger partial charge in [-0.1, -0.05) is 6.07 Å². The minimum Gasteiger partial charge on any atom is -0.389 e. The first-order valence-corrected chi connectivity index (χ1v) is 9.11. The van der Waals surface area contributed by atoms with Crippen LogP contribution in [0.1, 0.15) is 11.3 Å². The van der Waals surface area contributed by atoms with E-state index in [1.165, 1.54) is 4.88 Å². The summed E-state index contributed by atoms with van der Waals surface area (Å²) in [6.45, 7) is 5.73. The van der Waals surface area contributed by atoms with Gasteiger partial charge in [-0.3, -0.25) is 14.6 Å². The average molecular weight is 339 g/mol. The lowest BCUT2D eigenvalue weighted by molar-refractivity contribution is -0.122. The van der Waals surface area contributed by atoms with Gasteiger partial charge in [-0.2, -0.15) is 0 Å². The third kappa shape index (κ3) is 4.74. The number of aliphatic hydroxyl groups excluding tert-OH is 1. The predicted octanol–water partition coefficient (Wildman–Crippen LogP) is 0.132. The Kier molecular flexibility index (Phi) is 6.02. The second-order valence-electron chi connectivity index (χ2n) is 6.19. The van der Waals surface area contributed by atoms with E-state index in [0.717, 1.165) is 32.6 Å². The molecule has 0 spiro atoms. The van der Waals surface area contributed by atoms with Crippen LogP contribution in [0.4, 0.5) is 0 Å². The summed E-state index contributed by atoms with van der Waals surface area (Å²) in [4.78, 5) is 17.8. The number of nitrogens with zero attached hydrogens (tertiary/aromatic N) is 2. The van der Waals surface area contributed by atoms with Crippen LogP contribution < -0.4 is 5.32 Å². The normalized spacial score (nSPS) is 27.0. The molecule has 7 heteroatoms. The van der Waals surface area contributed by atoms with Crippen LogP contribution in [-0.4, -0.2) is 78.9 Å². The molecule has 2 unspecified atom stereocenters. The van der Waals surface area contributed by atoms with E-state index in [4.69, 9.17) is 4.74 Å². The van der Waals surface area contributed by atoms with Crippen LogP contribution in [0, 0.1) is 0 Å². The van der Waals surface area contributed by atoms with E-state index < -0.39 is 0 Å². The van der Waals surface area contributed by atoms with Crippen molar-refractivity contribution in [3.05, 3.63) is 22.4 Å². The number of hydrogen-bond donors (Lipinski definition) is 2. The number of thiophene rings is 1. The minimum atomic E-state index is -0.379. The second kappa shape index (κ2) is 8.21. The lowest BCUT2D eigenvalue weighted by Crippen LogP contribution is -2.45. The van der Waals surface area contributed by atoms with Crippen molar-refractivity contribution in [2.45, 2.75) is 25.1 Å². The van der Waals surface area contributed by atoms with Gasteiger partial charge >= 0.3 is 0 Å². The van der Waals surface area contributed by atoms with Crippen molar-refractivity contribution in [2.24, 2.45) is 0 Å². The summed E-state index contributed by atoms with van der Waals surface area (Å²) in [7, 11) is 0. The Morgan fingerprint density at radius 3 is 3.00 bits per heavy atom. The van der Waals surface area contributed by atoms with Gasteiger partial charge in [0.15, 0.2) is 0 Å². The molecule has 6 nitrogen and oxygen atoms in total. The summed E-state index contributed by atoms with van der Waals surface area (Å²) in [6, 6.07) is 4.14. The fraction of sp³-hybridized carbons (Fsp3) is 0.688. The van der Waals surface area contributed by atoms with Gasteiger partial charge in [0.1, 0.15) is 0 Å². The Labute approximate surface area is 141 Å². The highest BCUT2D eigenvalue weighted by Crippen LogP contribution is 2.15. The lowest BCUT2D eigenvalue weighted by atomic mass is 10.2. The molecular formula is C16H25N3O3S. The molecule has 2 N–H and O–H groups in total. The third-order valence-electron chi connectivity index (χ3n) is 4.52. The fourth-order valence-corrected chi connectivity index (χ4v) is 3.86. The molecule has 2 atom stereocenters. The summed E-state index contributed by atoms with van der Waals surface area (Å²) in [5.41, 5.74) is 0. The molecule has 1 aromatic heterocycles. The molecule has 0 bridgehead atoms. The zero-order chi connectivity index (χ0) is 16.1. The van der Waals surface area contributed by atoms with Crippen molar-refractivity contribution in [1.82, 2.24) is 15.1 Å². The van der Waals surface area contributed by atoms with Crippen molar-refractivity contribution in [3.8, 4) is 0 Å². The molecule has 0 aromatic carbocycles. The van der Waals surface area contributed by atoms with Crippen molar-refractivity contribution in [2.75, 3.05) is 45.9 Å². The summed E-state index contributed by atoms with van der Waals surface area (Å²) < 4.78 is 5.35. The number of aliphatic hydroxyl groups is 1. The molecule has 3 rings (SSSR count). The predicted molar refractivity (Wildman–Crippen MR) is 89.4 cm³/mol. The highest BCUT2D eigenvalue weighted by atomic mass is 32.1. The van der Waals surface area contributed by atoms with Crippen LogP contribution in [0.3, 0.4) is 0 Å². The van der Waals surface area contributed by atoms with Gasteiger partial charge in [-0.25, -0.2) is 0 Å². The van der Waals surface area contributed by atoms with Crippen LogP contribution in [0.25, 0.3) is 0 Å². The maximum Gasteiger partial charge on any atom is 0.234 e. The molecule has 0 aliphatic carbocycles. The maximum atomic E-state index is 12.1. The minimum absolute atomic E-state index is 0.0797. The van der Waals surface area contributed by atoms with Crippen LogP contribution in [0.15, 0.2) is 17.5 Å². The van der Waals surface area contributed by atoms with E-state index >= 15 is 0 Å². The van der Waals surface area contributed by atoms with Gasteiger partial charge in [-0.15, -0.1) is 11.3 Å². The number of carbonyl (C=O) groups excluding carboxylic acids is 1. The van der Waals surface area contributed by atoms with Gasteiger partial charge in [0, 0.05) is 18.0 Å². The van der Waals surface area contributed by atoms with Crippen molar-refractivity contribution < 1.29 is 14.6 Å². The zero-order valence-electron chi connectivity index (χ0n) is 13.3. The highest BCUT2D eigenvalue weighted by Gasteiger charge is 2.32. The van der Waals surface area contributed by atoms with Gasteiger partial charge in [0.05, 0.1) is 38.4 Å². The van der Waals surface area contributed by atoms with Crippen LogP contribution in [0.2, 0.25) is 0 Å². The number of rotatable bonds is 5. The van der Waals surface area contributed by atoms with Crippen LogP contribution >= 0.6 is 11.3 Å². The van der Waals surface area contributed by atoms with Gasteiger partial charge in [0.2, 0.25) is 5.91 Å². The lowest BCUT2D eigenvalue weighted by Gasteiger charge is -2.28. The Hall–Kier alpha value is -0.990. The van der Waals surface area contributed by atoms with E-state index in [1.54, 1.807) is 11.3 Å². The topological polar surface area (TPSA) is 65.0 Å². The first-order chi connectivity index (χ1) is 11.2. The Balaban J connectivity index is 1.41. The molecule has 1 amide bonds. The Bertz CT molecular complexity index is 497. The molecule has 0 radical (unpaired) electrons.